The van der Waals surface area contributed by atoms with E-state index in [2.05, 4.69) is 20.5 Å². The number of aromatic nitrogens is 5. The fourth-order valence-corrected chi connectivity index (χ4v) is 2.85. The van der Waals surface area contributed by atoms with E-state index in [1.165, 1.54) is 13.3 Å². The molecule has 1 amide bonds. The van der Waals surface area contributed by atoms with Crippen LogP contribution >= 0.6 is 0 Å². The van der Waals surface area contributed by atoms with Crippen molar-refractivity contribution in [3.63, 3.8) is 0 Å². The van der Waals surface area contributed by atoms with Gasteiger partial charge in [0.1, 0.15) is 24.0 Å². The Morgan fingerprint density at radius 1 is 1.52 bits per heavy atom. The number of hydrogen-bond donors (Lipinski definition) is 3. The predicted octanol–water partition coefficient (Wildman–Crippen LogP) is -0.855. The van der Waals surface area contributed by atoms with Crippen LogP contribution < -0.4 is 11.1 Å². The van der Waals surface area contributed by atoms with Crippen LogP contribution in [0.1, 0.15) is 24.2 Å². The molecule has 0 radical (unpaired) electrons. The maximum absolute atomic E-state index is 11.9. The molecule has 3 heterocycles. The molecule has 0 aliphatic carbocycles. The van der Waals surface area contributed by atoms with E-state index in [0.29, 0.717) is 5.95 Å². The lowest BCUT2D eigenvalue weighted by atomic mass is 9.83. The predicted molar refractivity (Wildman–Crippen MR) is 73.0 cm³/mol. The molecule has 1 aliphatic heterocycles. The normalized spacial score (nSPS) is 28.0. The fraction of sp³-hybridized carbons (Fsp3) is 0.500. The quantitative estimate of drug-likeness (QED) is 0.661. The number of hydrogen-bond acceptors (Lipinski definition) is 6. The Morgan fingerprint density at radius 2 is 2.24 bits per heavy atom. The highest BCUT2D eigenvalue weighted by atomic mass is 16.3. The number of anilines is 1. The molecule has 0 spiro atoms. The Balaban J connectivity index is 2.23. The van der Waals surface area contributed by atoms with E-state index in [1.807, 2.05) is 6.92 Å². The Morgan fingerprint density at radius 3 is 2.81 bits per heavy atom. The van der Waals surface area contributed by atoms with E-state index in [1.54, 1.807) is 22.6 Å². The molecule has 0 bridgehead atoms. The van der Waals surface area contributed by atoms with E-state index in [0.717, 1.165) is 11.3 Å². The molecule has 2 aromatic rings. The minimum atomic E-state index is -1.53. The van der Waals surface area contributed by atoms with Crippen molar-refractivity contribution in [3.05, 3.63) is 23.8 Å². The van der Waals surface area contributed by atoms with E-state index >= 15 is 0 Å². The van der Waals surface area contributed by atoms with Crippen LogP contribution in [-0.2, 0) is 11.8 Å². The molecule has 0 unspecified atom stereocenters. The number of carbonyl (C=O) groups is 1. The van der Waals surface area contributed by atoms with Gasteiger partial charge in [0, 0.05) is 18.3 Å². The summed E-state index contributed by atoms with van der Waals surface area (Å²) in [6, 6.07) is -0.565. The third-order valence-electron chi connectivity index (χ3n) is 4.02. The Kier molecular flexibility index (Phi) is 2.77. The number of nitrogens with two attached hydrogens (primary N) is 1. The highest BCUT2D eigenvalue weighted by Crippen LogP contribution is 2.40. The van der Waals surface area contributed by atoms with Crippen molar-refractivity contribution in [1.29, 1.82) is 0 Å². The number of fused-ring (bicyclic) bond motifs is 1. The van der Waals surface area contributed by atoms with Crippen LogP contribution in [0.5, 0.6) is 0 Å². The number of amides is 1. The second kappa shape index (κ2) is 4.29. The van der Waals surface area contributed by atoms with E-state index in [-0.39, 0.29) is 0 Å². The first-order chi connectivity index (χ1) is 9.83. The van der Waals surface area contributed by atoms with E-state index in [4.69, 9.17) is 5.73 Å². The van der Waals surface area contributed by atoms with Crippen molar-refractivity contribution in [1.82, 2.24) is 24.5 Å². The SMILES string of the molecule is Cc1c([C@@H]2[C@@H](C(N)=O)[C@@](C)(O)Nc3ncnn32)cnn1C. The summed E-state index contributed by atoms with van der Waals surface area (Å²) in [7, 11) is 1.81. The number of rotatable bonds is 2. The van der Waals surface area contributed by atoms with Crippen LogP contribution in [0.4, 0.5) is 5.95 Å². The van der Waals surface area contributed by atoms with Gasteiger partial charge in [-0.2, -0.15) is 15.2 Å². The summed E-state index contributed by atoms with van der Waals surface area (Å²) in [5.41, 5.74) is 5.64. The third kappa shape index (κ3) is 1.88. The Labute approximate surface area is 120 Å². The van der Waals surface area contributed by atoms with Gasteiger partial charge in [0.2, 0.25) is 11.9 Å². The van der Waals surface area contributed by atoms with Gasteiger partial charge >= 0.3 is 0 Å². The van der Waals surface area contributed by atoms with Gasteiger partial charge in [0.25, 0.3) is 0 Å². The van der Waals surface area contributed by atoms with Crippen molar-refractivity contribution < 1.29 is 9.90 Å². The highest BCUT2D eigenvalue weighted by Gasteiger charge is 2.49. The molecule has 21 heavy (non-hydrogen) atoms. The Bertz CT molecular complexity index is 702. The van der Waals surface area contributed by atoms with E-state index < -0.39 is 23.6 Å². The van der Waals surface area contributed by atoms with Crippen LogP contribution in [0.3, 0.4) is 0 Å². The van der Waals surface area contributed by atoms with Gasteiger partial charge in [-0.1, -0.05) is 0 Å². The second-order valence-electron chi connectivity index (χ2n) is 5.43. The first kappa shape index (κ1) is 13.6. The molecule has 9 nitrogen and oxygen atoms in total. The smallest absolute Gasteiger partial charge is 0.227 e. The first-order valence-electron chi connectivity index (χ1n) is 6.51. The summed E-state index contributed by atoms with van der Waals surface area (Å²) in [4.78, 5) is 16.0. The summed E-state index contributed by atoms with van der Waals surface area (Å²) in [5.74, 6) is -1.15. The molecule has 3 rings (SSSR count). The molecule has 112 valence electrons. The summed E-state index contributed by atoms with van der Waals surface area (Å²) in [5, 5.41) is 21.7. The molecule has 1 aliphatic rings. The number of carbonyl (C=O) groups excluding carboxylic acids is 1. The Hall–Kier alpha value is -2.42. The second-order valence-corrected chi connectivity index (χ2v) is 5.43. The van der Waals surface area contributed by atoms with Crippen LogP contribution in [-0.4, -0.2) is 41.3 Å². The standard InChI is InChI=1S/C12H17N7O2/c1-6-7(4-15-18(6)3)9-8(10(13)20)12(2,21)17-11-14-5-16-19(9)11/h4-5,8-9,21H,1-3H3,(H2,13,20)(H,14,16,17)/t8-,9+,12+/m0/s1. The van der Waals surface area contributed by atoms with Crippen LogP contribution in [0.25, 0.3) is 0 Å². The van der Waals surface area contributed by atoms with Gasteiger partial charge in [-0.05, 0) is 13.8 Å². The third-order valence-corrected chi connectivity index (χ3v) is 4.02. The lowest BCUT2D eigenvalue weighted by Gasteiger charge is -2.41. The van der Waals surface area contributed by atoms with Crippen molar-refractivity contribution >= 4 is 11.9 Å². The molecule has 3 atom stereocenters. The maximum atomic E-state index is 11.9. The summed E-state index contributed by atoms with van der Waals surface area (Å²) < 4.78 is 3.25. The topological polar surface area (TPSA) is 124 Å². The minimum Gasteiger partial charge on any atom is -0.370 e. The van der Waals surface area contributed by atoms with Gasteiger partial charge in [0.05, 0.1) is 6.20 Å². The summed E-state index contributed by atoms with van der Waals surface area (Å²) in [6.07, 6.45) is 3.02. The lowest BCUT2D eigenvalue weighted by Crippen LogP contribution is -2.56. The van der Waals surface area contributed by atoms with Crippen molar-refractivity contribution in [3.8, 4) is 0 Å². The first-order valence-corrected chi connectivity index (χ1v) is 6.51. The highest BCUT2D eigenvalue weighted by molar-refractivity contribution is 5.80. The monoisotopic (exact) mass is 291 g/mol. The van der Waals surface area contributed by atoms with Gasteiger partial charge in [0.15, 0.2) is 0 Å². The number of aryl methyl sites for hydroxylation is 1. The largest absolute Gasteiger partial charge is 0.370 e. The number of nitrogens with zero attached hydrogens (tertiary/aromatic N) is 5. The molecule has 4 N–H and O–H groups in total. The van der Waals surface area contributed by atoms with Gasteiger partial charge < -0.3 is 16.2 Å². The number of primary amides is 1. The average Bonchev–Trinajstić information content (AvgIpc) is 2.94. The molecule has 0 fully saturated rings. The fourth-order valence-electron chi connectivity index (χ4n) is 2.85. The van der Waals surface area contributed by atoms with Gasteiger partial charge in [-0.25, -0.2) is 4.68 Å². The van der Waals surface area contributed by atoms with E-state index in [9.17, 15) is 9.90 Å². The molecule has 9 heteroatoms. The summed E-state index contributed by atoms with van der Waals surface area (Å²) in [6.45, 7) is 3.38. The lowest BCUT2D eigenvalue weighted by molar-refractivity contribution is -0.131. The molecule has 2 aromatic heterocycles. The van der Waals surface area contributed by atoms with Crippen molar-refractivity contribution in [2.75, 3.05) is 5.32 Å². The maximum Gasteiger partial charge on any atom is 0.227 e. The van der Waals surface area contributed by atoms with Crippen molar-refractivity contribution in [2.45, 2.75) is 25.6 Å². The van der Waals surface area contributed by atoms with Gasteiger partial charge in [-0.3, -0.25) is 9.48 Å². The minimum absolute atomic E-state index is 0.380. The van der Waals surface area contributed by atoms with Crippen LogP contribution in [0, 0.1) is 12.8 Å². The zero-order valence-electron chi connectivity index (χ0n) is 12.0. The average molecular weight is 291 g/mol. The molecular weight excluding hydrogens is 274 g/mol. The zero-order valence-corrected chi connectivity index (χ0v) is 12.0. The number of nitrogens with one attached hydrogen (secondary N) is 1. The molecule has 0 saturated heterocycles. The zero-order chi connectivity index (χ0) is 15.4. The van der Waals surface area contributed by atoms with Crippen LogP contribution in [0.2, 0.25) is 0 Å². The molecule has 0 saturated carbocycles. The van der Waals surface area contributed by atoms with Gasteiger partial charge in [-0.15, -0.1) is 0 Å². The molecule has 0 aromatic carbocycles. The number of aliphatic hydroxyl groups is 1. The van der Waals surface area contributed by atoms with Crippen LogP contribution in [0.15, 0.2) is 12.5 Å². The van der Waals surface area contributed by atoms with Crippen molar-refractivity contribution in [2.24, 2.45) is 18.7 Å². The molecular formula is C12H17N7O2. The summed E-state index contributed by atoms with van der Waals surface area (Å²) >= 11 is 0.